The van der Waals surface area contributed by atoms with Crippen LogP contribution in [0.5, 0.6) is 11.5 Å². The van der Waals surface area contributed by atoms with Crippen LogP contribution in [0.1, 0.15) is 0 Å². The van der Waals surface area contributed by atoms with Crippen molar-refractivity contribution in [2.75, 3.05) is 20.0 Å². The number of anilines is 1. The SMILES string of the molecule is COc1cc2nc(-c3ccccc3)nc(-n3nc(-c4ccccn4)nc3N)c2cc1OC. The van der Waals surface area contributed by atoms with E-state index in [2.05, 4.69) is 15.1 Å². The van der Waals surface area contributed by atoms with Crippen LogP contribution in [-0.4, -0.2) is 43.9 Å². The molecule has 3 heterocycles. The maximum atomic E-state index is 6.26. The molecule has 0 amide bonds. The number of hydrogen-bond acceptors (Lipinski definition) is 8. The van der Waals surface area contributed by atoms with Gasteiger partial charge in [-0.15, -0.1) is 5.10 Å². The molecule has 2 aromatic carbocycles. The molecule has 9 heteroatoms. The Hall–Kier alpha value is -4.53. The van der Waals surface area contributed by atoms with Gasteiger partial charge in [0.25, 0.3) is 0 Å². The van der Waals surface area contributed by atoms with Gasteiger partial charge in [0.2, 0.25) is 11.8 Å². The van der Waals surface area contributed by atoms with Crippen LogP contribution in [0.25, 0.3) is 39.6 Å². The van der Waals surface area contributed by atoms with E-state index in [9.17, 15) is 0 Å². The van der Waals surface area contributed by atoms with E-state index in [0.29, 0.717) is 45.6 Å². The van der Waals surface area contributed by atoms with Gasteiger partial charge in [0.1, 0.15) is 5.69 Å². The van der Waals surface area contributed by atoms with Crippen molar-refractivity contribution in [1.82, 2.24) is 29.7 Å². The van der Waals surface area contributed by atoms with E-state index >= 15 is 0 Å². The third kappa shape index (κ3) is 3.35. The van der Waals surface area contributed by atoms with Gasteiger partial charge in [0, 0.05) is 23.2 Å². The van der Waals surface area contributed by atoms with Crippen molar-refractivity contribution in [3.63, 3.8) is 0 Å². The topological polar surface area (TPSA) is 114 Å². The first-order valence-corrected chi connectivity index (χ1v) is 9.81. The second-order valence-corrected chi connectivity index (χ2v) is 6.88. The molecule has 5 aromatic rings. The monoisotopic (exact) mass is 425 g/mol. The molecule has 0 aliphatic heterocycles. The number of ether oxygens (including phenoxy) is 2. The molecule has 2 N–H and O–H groups in total. The Kier molecular flexibility index (Phi) is 4.83. The van der Waals surface area contributed by atoms with Gasteiger partial charge >= 0.3 is 0 Å². The van der Waals surface area contributed by atoms with E-state index in [-0.39, 0.29) is 5.95 Å². The maximum absolute atomic E-state index is 6.26. The molecule has 0 aliphatic carbocycles. The molecule has 0 atom stereocenters. The first kappa shape index (κ1) is 19.4. The highest BCUT2D eigenvalue weighted by Crippen LogP contribution is 2.35. The van der Waals surface area contributed by atoms with Crippen LogP contribution in [-0.2, 0) is 0 Å². The second kappa shape index (κ2) is 7.95. The summed E-state index contributed by atoms with van der Waals surface area (Å²) in [5, 5.41) is 5.28. The van der Waals surface area contributed by atoms with Crippen molar-refractivity contribution in [3.8, 4) is 40.2 Å². The van der Waals surface area contributed by atoms with Gasteiger partial charge in [-0.05, 0) is 18.2 Å². The number of methoxy groups -OCH3 is 2. The number of pyridine rings is 1. The minimum absolute atomic E-state index is 0.180. The first-order chi connectivity index (χ1) is 15.7. The fourth-order valence-electron chi connectivity index (χ4n) is 3.40. The number of nitrogen functional groups attached to an aromatic ring is 1. The Balaban J connectivity index is 1.78. The summed E-state index contributed by atoms with van der Waals surface area (Å²) in [7, 11) is 3.16. The minimum Gasteiger partial charge on any atom is -0.493 e. The molecule has 0 aliphatic rings. The van der Waals surface area contributed by atoms with Crippen molar-refractivity contribution in [2.24, 2.45) is 0 Å². The van der Waals surface area contributed by atoms with Crippen molar-refractivity contribution in [3.05, 3.63) is 66.9 Å². The maximum Gasteiger partial charge on any atom is 0.225 e. The Morgan fingerprint density at radius 1 is 0.812 bits per heavy atom. The van der Waals surface area contributed by atoms with Crippen molar-refractivity contribution in [1.29, 1.82) is 0 Å². The van der Waals surface area contributed by atoms with Crippen molar-refractivity contribution >= 4 is 16.9 Å². The molecule has 5 rings (SSSR count). The van der Waals surface area contributed by atoms with Gasteiger partial charge in [0.05, 0.1) is 19.7 Å². The zero-order valence-electron chi connectivity index (χ0n) is 17.4. The second-order valence-electron chi connectivity index (χ2n) is 6.88. The number of hydrogen-bond donors (Lipinski definition) is 1. The van der Waals surface area contributed by atoms with Crippen LogP contribution < -0.4 is 15.2 Å². The fraction of sp³-hybridized carbons (Fsp3) is 0.0870. The highest BCUT2D eigenvalue weighted by Gasteiger charge is 2.19. The standard InChI is InChI=1S/C23H19N7O2/c1-31-18-12-15-17(13-19(18)32-2)26-20(14-8-4-3-5-9-14)27-22(15)30-23(24)28-21(29-30)16-10-6-7-11-25-16/h3-13H,1-2H3,(H2,24,28,29). The van der Waals surface area contributed by atoms with E-state index in [1.54, 1.807) is 32.5 Å². The summed E-state index contributed by atoms with van der Waals surface area (Å²) >= 11 is 0. The van der Waals surface area contributed by atoms with Gasteiger partial charge < -0.3 is 15.2 Å². The van der Waals surface area contributed by atoms with Gasteiger partial charge in [-0.1, -0.05) is 36.4 Å². The number of nitrogens with zero attached hydrogens (tertiary/aromatic N) is 6. The summed E-state index contributed by atoms with van der Waals surface area (Å²) < 4.78 is 12.4. The minimum atomic E-state index is 0.180. The summed E-state index contributed by atoms with van der Waals surface area (Å²) in [6.07, 6.45) is 1.68. The van der Waals surface area contributed by atoms with E-state index < -0.39 is 0 Å². The third-order valence-electron chi connectivity index (χ3n) is 4.94. The van der Waals surface area contributed by atoms with Gasteiger partial charge in [-0.2, -0.15) is 9.67 Å². The summed E-state index contributed by atoms with van der Waals surface area (Å²) in [4.78, 5) is 18.2. The lowest BCUT2D eigenvalue weighted by atomic mass is 10.1. The molecule has 0 bridgehead atoms. The average Bonchev–Trinajstić information content (AvgIpc) is 3.24. The lowest BCUT2D eigenvalue weighted by molar-refractivity contribution is 0.355. The first-order valence-electron chi connectivity index (χ1n) is 9.81. The molecular formula is C23H19N7O2. The highest BCUT2D eigenvalue weighted by molar-refractivity contribution is 5.90. The number of rotatable bonds is 5. The highest BCUT2D eigenvalue weighted by atomic mass is 16.5. The van der Waals surface area contributed by atoms with Crippen LogP contribution in [0.3, 0.4) is 0 Å². The molecule has 32 heavy (non-hydrogen) atoms. The molecule has 3 aromatic heterocycles. The molecular weight excluding hydrogens is 406 g/mol. The predicted octanol–water partition coefficient (Wildman–Crippen LogP) is 3.54. The molecule has 0 unspecified atom stereocenters. The number of fused-ring (bicyclic) bond motifs is 1. The summed E-state index contributed by atoms with van der Waals surface area (Å²) in [5.74, 6) is 2.68. The van der Waals surface area contributed by atoms with Crippen molar-refractivity contribution < 1.29 is 9.47 Å². The summed E-state index contributed by atoms with van der Waals surface area (Å²) in [6.45, 7) is 0. The number of benzene rings is 2. The quantitative estimate of drug-likeness (QED) is 0.455. The Morgan fingerprint density at radius 3 is 2.28 bits per heavy atom. The zero-order chi connectivity index (χ0) is 22.1. The van der Waals surface area contributed by atoms with Gasteiger partial charge in [-0.3, -0.25) is 4.98 Å². The van der Waals surface area contributed by atoms with Crippen molar-refractivity contribution in [2.45, 2.75) is 0 Å². The molecule has 0 spiro atoms. The van der Waals surface area contributed by atoms with Crippen LogP contribution in [0.2, 0.25) is 0 Å². The average molecular weight is 425 g/mol. The molecule has 0 saturated carbocycles. The molecule has 9 nitrogen and oxygen atoms in total. The van der Waals surface area contributed by atoms with E-state index in [0.717, 1.165) is 5.56 Å². The molecule has 0 saturated heterocycles. The molecule has 0 radical (unpaired) electrons. The number of nitrogens with two attached hydrogens (primary N) is 1. The Bertz CT molecular complexity index is 1400. The third-order valence-corrected chi connectivity index (χ3v) is 4.94. The van der Waals surface area contributed by atoms with E-state index in [1.807, 2.05) is 48.5 Å². The zero-order valence-corrected chi connectivity index (χ0v) is 17.4. The van der Waals surface area contributed by atoms with Gasteiger partial charge in [-0.25, -0.2) is 9.97 Å². The smallest absolute Gasteiger partial charge is 0.225 e. The fourth-order valence-corrected chi connectivity index (χ4v) is 3.40. The van der Waals surface area contributed by atoms with Crippen LogP contribution in [0.4, 0.5) is 5.95 Å². The summed E-state index contributed by atoms with van der Waals surface area (Å²) in [5.41, 5.74) is 8.38. The van der Waals surface area contributed by atoms with E-state index in [4.69, 9.17) is 25.2 Å². The summed E-state index contributed by atoms with van der Waals surface area (Å²) in [6, 6.07) is 18.8. The Labute approximate surface area is 183 Å². The lowest BCUT2D eigenvalue weighted by Crippen LogP contribution is -2.08. The van der Waals surface area contributed by atoms with Crippen LogP contribution in [0.15, 0.2) is 66.9 Å². The predicted molar refractivity (Wildman–Crippen MR) is 121 cm³/mol. The van der Waals surface area contributed by atoms with Crippen LogP contribution >= 0.6 is 0 Å². The largest absolute Gasteiger partial charge is 0.493 e. The number of aromatic nitrogens is 6. The Morgan fingerprint density at radius 2 is 1.56 bits per heavy atom. The molecule has 0 fully saturated rings. The lowest BCUT2D eigenvalue weighted by Gasteiger charge is -2.13. The van der Waals surface area contributed by atoms with Crippen LogP contribution in [0, 0.1) is 0 Å². The van der Waals surface area contributed by atoms with Gasteiger partial charge in [0.15, 0.2) is 23.1 Å². The normalized spacial score (nSPS) is 10.9. The molecule has 158 valence electrons. The van der Waals surface area contributed by atoms with E-state index in [1.165, 1.54) is 4.68 Å².